The van der Waals surface area contributed by atoms with Crippen LogP contribution in [0.1, 0.15) is 64.3 Å². The molecule has 5 nitrogen and oxygen atoms in total. The molecule has 0 bridgehead atoms. The Labute approximate surface area is 199 Å². The van der Waals surface area contributed by atoms with Gasteiger partial charge in [-0.25, -0.2) is 0 Å². The van der Waals surface area contributed by atoms with Gasteiger partial charge in [0.1, 0.15) is 5.75 Å². The van der Waals surface area contributed by atoms with Gasteiger partial charge in [0, 0.05) is 19.6 Å². The van der Waals surface area contributed by atoms with Crippen molar-refractivity contribution in [2.75, 3.05) is 39.5 Å². The molecule has 1 aliphatic rings. The average molecular weight is 453 g/mol. The van der Waals surface area contributed by atoms with E-state index in [0.717, 1.165) is 26.3 Å². The number of carbonyl (C=O) groups is 1. The lowest BCUT2D eigenvalue weighted by Gasteiger charge is -2.35. The van der Waals surface area contributed by atoms with Crippen LogP contribution >= 0.6 is 0 Å². The largest absolute Gasteiger partial charge is 0.484 e. The molecule has 1 amide bonds. The van der Waals surface area contributed by atoms with E-state index < -0.39 is 0 Å². The summed E-state index contributed by atoms with van der Waals surface area (Å²) >= 11 is 0. The summed E-state index contributed by atoms with van der Waals surface area (Å²) in [4.78, 5) is 15.0. The molecule has 0 unspecified atom stereocenters. The maximum atomic E-state index is 12.6. The standard InChI is InChI=1S/C28H40N2O3/c1-27(2,3)22-9-7-21(8-10-22)25(30-15-17-32-18-16-30)19-29-26(31)20-33-24-13-11-23(12-14-24)28(4,5)6/h7-14,25H,15-20H2,1-6H3,(H,29,31)/t25-/m1/s1. The predicted octanol–water partition coefficient (Wildman–Crippen LogP) is 4.85. The SMILES string of the molecule is CC(C)(C)c1ccc(OCC(=O)NC[C@H](c2ccc(C(C)(C)C)cc2)N2CCOCC2)cc1. The highest BCUT2D eigenvalue weighted by Gasteiger charge is 2.24. The van der Waals surface area contributed by atoms with Gasteiger partial charge in [-0.05, 0) is 39.7 Å². The topological polar surface area (TPSA) is 50.8 Å². The van der Waals surface area contributed by atoms with Gasteiger partial charge in [-0.1, -0.05) is 77.9 Å². The van der Waals surface area contributed by atoms with Gasteiger partial charge < -0.3 is 14.8 Å². The number of hydrogen-bond donors (Lipinski definition) is 1. The lowest BCUT2D eigenvalue weighted by atomic mass is 9.86. The molecule has 5 heteroatoms. The Kier molecular flexibility index (Phi) is 8.19. The number of morpholine rings is 1. The van der Waals surface area contributed by atoms with E-state index in [0.29, 0.717) is 12.3 Å². The van der Waals surface area contributed by atoms with E-state index in [1.54, 1.807) is 0 Å². The van der Waals surface area contributed by atoms with Gasteiger partial charge in [-0.15, -0.1) is 0 Å². The molecule has 1 N–H and O–H groups in total. The average Bonchev–Trinajstić information content (AvgIpc) is 2.78. The summed E-state index contributed by atoms with van der Waals surface area (Å²) in [5.41, 5.74) is 3.97. The minimum Gasteiger partial charge on any atom is -0.484 e. The van der Waals surface area contributed by atoms with Gasteiger partial charge in [0.15, 0.2) is 6.61 Å². The fourth-order valence-electron chi connectivity index (χ4n) is 4.01. The number of rotatable bonds is 7. The van der Waals surface area contributed by atoms with E-state index in [2.05, 4.69) is 88.2 Å². The second-order valence-electron chi connectivity index (χ2n) is 10.9. The van der Waals surface area contributed by atoms with Gasteiger partial charge >= 0.3 is 0 Å². The Morgan fingerprint density at radius 3 is 1.94 bits per heavy atom. The fourth-order valence-corrected chi connectivity index (χ4v) is 4.01. The van der Waals surface area contributed by atoms with Gasteiger partial charge in [-0.3, -0.25) is 9.69 Å². The molecule has 0 saturated carbocycles. The van der Waals surface area contributed by atoms with E-state index in [1.807, 2.05) is 12.1 Å². The van der Waals surface area contributed by atoms with Crippen molar-refractivity contribution in [3.05, 3.63) is 65.2 Å². The third-order valence-electron chi connectivity index (χ3n) is 6.23. The number of hydrogen-bond acceptors (Lipinski definition) is 4. The van der Waals surface area contributed by atoms with Crippen LogP contribution in [0.2, 0.25) is 0 Å². The fraction of sp³-hybridized carbons (Fsp3) is 0.536. The molecule has 2 aromatic carbocycles. The number of benzene rings is 2. The number of nitrogens with one attached hydrogen (secondary N) is 1. The number of amides is 1. The third-order valence-corrected chi connectivity index (χ3v) is 6.23. The Bertz CT molecular complexity index is 887. The van der Waals surface area contributed by atoms with Crippen LogP contribution < -0.4 is 10.1 Å². The van der Waals surface area contributed by atoms with E-state index >= 15 is 0 Å². The summed E-state index contributed by atoms with van der Waals surface area (Å²) in [5.74, 6) is 0.597. The molecule has 0 radical (unpaired) electrons. The zero-order chi connectivity index (χ0) is 24.1. The van der Waals surface area contributed by atoms with Crippen LogP contribution in [0.5, 0.6) is 5.75 Å². The Hall–Kier alpha value is -2.37. The zero-order valence-corrected chi connectivity index (χ0v) is 21.1. The van der Waals surface area contributed by atoms with Gasteiger partial charge in [-0.2, -0.15) is 0 Å². The minimum absolute atomic E-state index is 0.00760. The summed E-state index contributed by atoms with van der Waals surface area (Å²) < 4.78 is 11.3. The van der Waals surface area contributed by atoms with E-state index in [-0.39, 0.29) is 29.4 Å². The lowest BCUT2D eigenvalue weighted by molar-refractivity contribution is -0.123. The van der Waals surface area contributed by atoms with E-state index in [9.17, 15) is 4.79 Å². The molecule has 180 valence electrons. The highest BCUT2D eigenvalue weighted by atomic mass is 16.5. The molecule has 2 aromatic rings. The first-order valence-corrected chi connectivity index (χ1v) is 12.0. The van der Waals surface area contributed by atoms with Crippen molar-refractivity contribution in [3.8, 4) is 5.75 Å². The predicted molar refractivity (Wildman–Crippen MR) is 134 cm³/mol. The minimum atomic E-state index is -0.112. The van der Waals surface area contributed by atoms with Crippen molar-refractivity contribution in [3.63, 3.8) is 0 Å². The maximum Gasteiger partial charge on any atom is 0.258 e. The van der Waals surface area contributed by atoms with E-state index in [1.165, 1.54) is 16.7 Å². The summed E-state index contributed by atoms with van der Waals surface area (Å²) in [5, 5.41) is 3.08. The van der Waals surface area contributed by atoms with Crippen LogP contribution in [0.4, 0.5) is 0 Å². The molecular weight excluding hydrogens is 412 g/mol. The van der Waals surface area contributed by atoms with Gasteiger partial charge in [0.05, 0.1) is 19.3 Å². The van der Waals surface area contributed by atoms with Crippen LogP contribution in [0.3, 0.4) is 0 Å². The molecule has 1 saturated heterocycles. The van der Waals surface area contributed by atoms with Crippen LogP contribution in [0.25, 0.3) is 0 Å². The summed E-state index contributed by atoms with van der Waals surface area (Å²) in [6.45, 7) is 16.9. The van der Waals surface area contributed by atoms with Crippen LogP contribution in [-0.2, 0) is 20.4 Å². The van der Waals surface area contributed by atoms with Crippen LogP contribution in [0.15, 0.2) is 48.5 Å². The smallest absolute Gasteiger partial charge is 0.258 e. The molecule has 1 heterocycles. The first-order chi connectivity index (χ1) is 15.5. The molecule has 1 aliphatic heterocycles. The molecule has 1 atom stereocenters. The third kappa shape index (κ3) is 7.31. The normalized spacial score (nSPS) is 16.3. The lowest BCUT2D eigenvalue weighted by Crippen LogP contribution is -2.44. The Balaban J connectivity index is 1.60. The van der Waals surface area contributed by atoms with Crippen LogP contribution in [0, 0.1) is 0 Å². The Morgan fingerprint density at radius 1 is 0.909 bits per heavy atom. The summed E-state index contributed by atoms with van der Waals surface area (Å²) in [7, 11) is 0. The van der Waals surface area contributed by atoms with Crippen LogP contribution in [-0.4, -0.2) is 50.3 Å². The van der Waals surface area contributed by atoms with Crippen molar-refractivity contribution in [1.82, 2.24) is 10.2 Å². The first kappa shape index (κ1) is 25.3. The molecule has 33 heavy (non-hydrogen) atoms. The second kappa shape index (κ2) is 10.7. The van der Waals surface area contributed by atoms with Crippen molar-refractivity contribution in [2.24, 2.45) is 0 Å². The quantitative estimate of drug-likeness (QED) is 0.652. The first-order valence-electron chi connectivity index (χ1n) is 12.0. The van der Waals surface area contributed by atoms with E-state index in [4.69, 9.17) is 9.47 Å². The van der Waals surface area contributed by atoms with Gasteiger partial charge in [0.25, 0.3) is 5.91 Å². The number of ether oxygens (including phenoxy) is 2. The molecular formula is C28H40N2O3. The molecule has 1 fully saturated rings. The second-order valence-corrected chi connectivity index (χ2v) is 10.9. The summed E-state index contributed by atoms with van der Waals surface area (Å²) in [6, 6.07) is 16.9. The molecule has 3 rings (SSSR count). The maximum absolute atomic E-state index is 12.6. The van der Waals surface area contributed by atoms with Crippen molar-refractivity contribution < 1.29 is 14.3 Å². The number of nitrogens with zero attached hydrogens (tertiary/aromatic N) is 1. The number of carbonyl (C=O) groups excluding carboxylic acids is 1. The molecule has 0 aliphatic carbocycles. The van der Waals surface area contributed by atoms with Crippen molar-refractivity contribution in [1.29, 1.82) is 0 Å². The van der Waals surface area contributed by atoms with Gasteiger partial charge in [0.2, 0.25) is 0 Å². The Morgan fingerprint density at radius 2 is 1.42 bits per heavy atom. The zero-order valence-electron chi connectivity index (χ0n) is 21.1. The summed E-state index contributed by atoms with van der Waals surface area (Å²) in [6.07, 6.45) is 0. The monoisotopic (exact) mass is 452 g/mol. The highest BCUT2D eigenvalue weighted by Crippen LogP contribution is 2.27. The van der Waals surface area contributed by atoms with Crippen molar-refractivity contribution in [2.45, 2.75) is 58.4 Å². The molecule has 0 aromatic heterocycles. The highest BCUT2D eigenvalue weighted by molar-refractivity contribution is 5.77. The van der Waals surface area contributed by atoms with Crippen molar-refractivity contribution >= 4 is 5.91 Å². The molecule has 0 spiro atoms.